The highest BCUT2D eigenvalue weighted by atomic mass is 16.5. The summed E-state index contributed by atoms with van der Waals surface area (Å²) in [6, 6.07) is 0.428. The topological polar surface area (TPSA) is 39.1 Å². The van der Waals surface area contributed by atoms with Crippen molar-refractivity contribution in [2.24, 2.45) is 0 Å². The fraction of sp³-hybridized carbons (Fsp3) is 0.769. The molecule has 0 fully saturated rings. The van der Waals surface area contributed by atoms with Crippen molar-refractivity contribution in [2.75, 3.05) is 13.7 Å². The van der Waals surface area contributed by atoms with Gasteiger partial charge in [-0.25, -0.2) is 4.98 Å². The van der Waals surface area contributed by atoms with Crippen LogP contribution >= 0.6 is 0 Å². The Morgan fingerprint density at radius 1 is 1.41 bits per heavy atom. The van der Waals surface area contributed by atoms with Crippen LogP contribution in [0.4, 0.5) is 0 Å². The Kier molecular flexibility index (Phi) is 6.89. The maximum atomic E-state index is 5.21. The molecule has 98 valence electrons. The molecule has 1 rings (SSSR count). The molecule has 0 aliphatic carbocycles. The molecule has 0 saturated heterocycles. The van der Waals surface area contributed by atoms with Crippen molar-refractivity contribution in [2.45, 2.75) is 52.2 Å². The molecule has 1 atom stereocenters. The molecule has 1 unspecified atom stereocenters. The van der Waals surface area contributed by atoms with Crippen molar-refractivity contribution in [3.8, 4) is 0 Å². The second-order valence-corrected chi connectivity index (χ2v) is 4.36. The highest BCUT2D eigenvalue weighted by Gasteiger charge is 2.08. The van der Waals surface area contributed by atoms with Gasteiger partial charge in [0, 0.05) is 32.1 Å². The SMILES string of the molecule is CCCC(COC)NCc1nccn1CCC. The minimum Gasteiger partial charge on any atom is -0.383 e. The quantitative estimate of drug-likeness (QED) is 0.718. The Balaban J connectivity index is 2.43. The summed E-state index contributed by atoms with van der Waals surface area (Å²) in [7, 11) is 1.75. The van der Waals surface area contributed by atoms with Gasteiger partial charge >= 0.3 is 0 Å². The lowest BCUT2D eigenvalue weighted by molar-refractivity contribution is 0.161. The minimum absolute atomic E-state index is 0.428. The largest absolute Gasteiger partial charge is 0.383 e. The molecule has 4 nitrogen and oxygen atoms in total. The van der Waals surface area contributed by atoms with E-state index in [1.165, 1.54) is 6.42 Å². The molecule has 4 heteroatoms. The third kappa shape index (κ3) is 4.88. The van der Waals surface area contributed by atoms with Crippen LogP contribution in [0.1, 0.15) is 38.9 Å². The second kappa shape index (κ2) is 8.25. The van der Waals surface area contributed by atoms with Crippen LogP contribution in [0.5, 0.6) is 0 Å². The standard InChI is InChI=1S/C13H25N3O/c1-4-6-12(11-17-3)15-10-13-14-7-9-16(13)8-5-2/h7,9,12,15H,4-6,8,10-11H2,1-3H3. The first-order valence-corrected chi connectivity index (χ1v) is 6.54. The number of ether oxygens (including phenoxy) is 1. The van der Waals surface area contributed by atoms with Crippen LogP contribution in [0.2, 0.25) is 0 Å². The van der Waals surface area contributed by atoms with E-state index in [0.29, 0.717) is 6.04 Å². The first-order chi connectivity index (χ1) is 8.31. The third-order valence-corrected chi connectivity index (χ3v) is 2.82. The molecule has 1 aromatic heterocycles. The predicted molar refractivity (Wildman–Crippen MR) is 69.9 cm³/mol. The van der Waals surface area contributed by atoms with Gasteiger partial charge in [0.2, 0.25) is 0 Å². The summed E-state index contributed by atoms with van der Waals surface area (Å²) in [6.45, 7) is 7.01. The van der Waals surface area contributed by atoms with Crippen molar-refractivity contribution >= 4 is 0 Å². The highest BCUT2D eigenvalue weighted by molar-refractivity contribution is 4.92. The van der Waals surface area contributed by atoms with Gasteiger partial charge in [0.05, 0.1) is 13.2 Å². The van der Waals surface area contributed by atoms with E-state index in [1.54, 1.807) is 7.11 Å². The summed E-state index contributed by atoms with van der Waals surface area (Å²) in [5, 5.41) is 3.51. The number of hydrogen-bond acceptors (Lipinski definition) is 3. The molecule has 1 heterocycles. The normalized spacial score (nSPS) is 12.9. The summed E-state index contributed by atoms with van der Waals surface area (Å²) in [4.78, 5) is 4.39. The van der Waals surface area contributed by atoms with Crippen molar-refractivity contribution in [1.82, 2.24) is 14.9 Å². The number of aromatic nitrogens is 2. The van der Waals surface area contributed by atoms with Crippen LogP contribution in [0, 0.1) is 0 Å². The van der Waals surface area contributed by atoms with Gasteiger partial charge in [-0.1, -0.05) is 20.3 Å². The average Bonchev–Trinajstić information content (AvgIpc) is 2.75. The van der Waals surface area contributed by atoms with E-state index >= 15 is 0 Å². The van der Waals surface area contributed by atoms with Gasteiger partial charge in [0.25, 0.3) is 0 Å². The summed E-state index contributed by atoms with van der Waals surface area (Å²) in [5.41, 5.74) is 0. The first-order valence-electron chi connectivity index (χ1n) is 6.54. The van der Waals surface area contributed by atoms with E-state index in [-0.39, 0.29) is 0 Å². The molecular weight excluding hydrogens is 214 g/mol. The van der Waals surface area contributed by atoms with Crippen LogP contribution in [-0.4, -0.2) is 29.3 Å². The van der Waals surface area contributed by atoms with Gasteiger partial charge in [-0.3, -0.25) is 0 Å². The minimum atomic E-state index is 0.428. The molecule has 1 aromatic rings. The fourth-order valence-corrected chi connectivity index (χ4v) is 1.98. The molecular formula is C13H25N3O. The van der Waals surface area contributed by atoms with E-state index in [1.807, 2.05) is 12.4 Å². The Hall–Kier alpha value is -0.870. The average molecular weight is 239 g/mol. The lowest BCUT2D eigenvalue weighted by Crippen LogP contribution is -2.33. The molecule has 0 radical (unpaired) electrons. The number of methoxy groups -OCH3 is 1. The maximum Gasteiger partial charge on any atom is 0.122 e. The lowest BCUT2D eigenvalue weighted by Gasteiger charge is -2.17. The zero-order chi connectivity index (χ0) is 12.5. The Labute approximate surface area is 104 Å². The van der Waals surface area contributed by atoms with Gasteiger partial charge in [-0.05, 0) is 12.8 Å². The summed E-state index contributed by atoms with van der Waals surface area (Å²) < 4.78 is 7.43. The molecule has 0 amide bonds. The number of hydrogen-bond donors (Lipinski definition) is 1. The van der Waals surface area contributed by atoms with E-state index in [9.17, 15) is 0 Å². The fourth-order valence-electron chi connectivity index (χ4n) is 1.98. The number of nitrogens with zero attached hydrogens (tertiary/aromatic N) is 2. The van der Waals surface area contributed by atoms with Crippen LogP contribution in [0.15, 0.2) is 12.4 Å². The van der Waals surface area contributed by atoms with E-state index < -0.39 is 0 Å². The Bertz CT molecular complexity index is 293. The van der Waals surface area contributed by atoms with Gasteiger partial charge in [-0.2, -0.15) is 0 Å². The molecule has 1 N–H and O–H groups in total. The third-order valence-electron chi connectivity index (χ3n) is 2.82. The van der Waals surface area contributed by atoms with Crippen LogP contribution in [0.25, 0.3) is 0 Å². The maximum absolute atomic E-state index is 5.21. The van der Waals surface area contributed by atoms with Crippen LogP contribution in [0.3, 0.4) is 0 Å². The van der Waals surface area contributed by atoms with Gasteiger partial charge in [-0.15, -0.1) is 0 Å². The molecule has 0 saturated carbocycles. The number of aryl methyl sites for hydroxylation is 1. The van der Waals surface area contributed by atoms with Gasteiger partial charge in [0.15, 0.2) is 0 Å². The second-order valence-electron chi connectivity index (χ2n) is 4.36. The number of rotatable bonds is 9. The zero-order valence-electron chi connectivity index (χ0n) is 11.3. The Morgan fingerprint density at radius 3 is 2.88 bits per heavy atom. The first kappa shape index (κ1) is 14.2. The molecule has 0 aliphatic heterocycles. The van der Waals surface area contributed by atoms with Crippen molar-refractivity contribution in [1.29, 1.82) is 0 Å². The molecule has 0 spiro atoms. The van der Waals surface area contributed by atoms with E-state index in [0.717, 1.165) is 38.4 Å². The predicted octanol–water partition coefficient (Wildman–Crippen LogP) is 2.20. The van der Waals surface area contributed by atoms with Crippen LogP contribution < -0.4 is 5.32 Å². The zero-order valence-corrected chi connectivity index (χ0v) is 11.3. The Morgan fingerprint density at radius 2 is 2.24 bits per heavy atom. The lowest BCUT2D eigenvalue weighted by atomic mass is 10.2. The van der Waals surface area contributed by atoms with E-state index in [4.69, 9.17) is 4.74 Å². The van der Waals surface area contributed by atoms with Crippen molar-refractivity contribution in [3.05, 3.63) is 18.2 Å². The van der Waals surface area contributed by atoms with Gasteiger partial charge < -0.3 is 14.6 Å². The summed E-state index contributed by atoms with van der Waals surface area (Å²) >= 11 is 0. The summed E-state index contributed by atoms with van der Waals surface area (Å²) in [5.74, 6) is 1.11. The monoisotopic (exact) mass is 239 g/mol. The number of imidazole rings is 1. The van der Waals surface area contributed by atoms with Crippen molar-refractivity contribution in [3.63, 3.8) is 0 Å². The molecule has 0 aliphatic rings. The number of nitrogens with one attached hydrogen (secondary N) is 1. The highest BCUT2D eigenvalue weighted by Crippen LogP contribution is 2.02. The van der Waals surface area contributed by atoms with E-state index in [2.05, 4.69) is 28.7 Å². The van der Waals surface area contributed by atoms with Crippen molar-refractivity contribution < 1.29 is 4.74 Å². The molecule has 0 aromatic carbocycles. The smallest absolute Gasteiger partial charge is 0.122 e. The van der Waals surface area contributed by atoms with Crippen LogP contribution in [-0.2, 0) is 17.8 Å². The van der Waals surface area contributed by atoms with Gasteiger partial charge in [0.1, 0.15) is 5.82 Å². The summed E-state index contributed by atoms with van der Waals surface area (Å²) in [6.07, 6.45) is 7.37. The molecule has 17 heavy (non-hydrogen) atoms. The molecule has 0 bridgehead atoms.